The average molecular weight is 200 g/mol. The summed E-state index contributed by atoms with van der Waals surface area (Å²) in [6, 6.07) is 0. The lowest BCUT2D eigenvalue weighted by Crippen LogP contribution is -2.50. The van der Waals surface area contributed by atoms with E-state index in [1.54, 1.807) is 0 Å². The van der Waals surface area contributed by atoms with E-state index in [9.17, 15) is 0 Å². The zero-order chi connectivity index (χ0) is 11.1. The topological polar surface area (TPSA) is 86.3 Å². The van der Waals surface area contributed by atoms with Crippen molar-refractivity contribution in [2.45, 2.75) is 58.3 Å². The third-order valence-corrected chi connectivity index (χ3v) is 2.10. The van der Waals surface area contributed by atoms with Crippen LogP contribution in [0.15, 0.2) is 0 Å². The quantitative estimate of drug-likeness (QED) is 0.270. The van der Waals surface area contributed by atoms with Crippen LogP contribution >= 0.6 is 0 Å². The molecule has 0 spiro atoms. The molecule has 14 heavy (non-hydrogen) atoms. The third-order valence-electron chi connectivity index (χ3n) is 2.10. The smallest absolute Gasteiger partial charge is 0.0739 e. The van der Waals surface area contributed by atoms with Gasteiger partial charge >= 0.3 is 0 Å². The van der Waals surface area contributed by atoms with E-state index in [1.165, 1.54) is 56.3 Å². The van der Waals surface area contributed by atoms with Gasteiger partial charge in [0, 0.05) is 0 Å². The van der Waals surface area contributed by atoms with Gasteiger partial charge in [0.15, 0.2) is 0 Å². The fourth-order valence-corrected chi connectivity index (χ4v) is 1.31. The molecule has 4 nitrogen and oxygen atoms in total. The zero-order valence-corrected chi connectivity index (χ0v) is 9.41. The predicted molar refractivity (Wildman–Crippen MR) is 60.4 cm³/mol. The van der Waals surface area contributed by atoms with Crippen LogP contribution in [0.5, 0.6) is 0 Å². The van der Waals surface area contributed by atoms with E-state index in [1.807, 2.05) is 0 Å². The Hall–Kier alpha value is -0.730. The second kappa shape index (κ2) is 18.1. The van der Waals surface area contributed by atoms with Gasteiger partial charge in [-0.3, -0.25) is 4.91 Å². The van der Waals surface area contributed by atoms with E-state index in [2.05, 4.69) is 12.7 Å². The van der Waals surface area contributed by atoms with Crippen LogP contribution in [0.1, 0.15) is 58.3 Å². The maximum absolute atomic E-state index is 6.75. The Morgan fingerprint density at radius 1 is 0.857 bits per heavy atom. The van der Waals surface area contributed by atoms with Gasteiger partial charge in [-0.05, 0) is 12.8 Å². The predicted octanol–water partition coefficient (Wildman–Crippen LogP) is 3.24. The van der Waals surface area contributed by atoms with Crippen molar-refractivity contribution in [3.8, 4) is 0 Å². The highest BCUT2D eigenvalue weighted by atomic mass is 15.0. The van der Waals surface area contributed by atoms with E-state index in [-0.39, 0.29) is 0 Å². The maximum Gasteiger partial charge on any atom is 0.0739 e. The SMILES string of the molecule is CCCCCCCCCC[NH3+].[N-]=[N+]=[N-]. The highest BCUT2D eigenvalue weighted by Gasteiger charge is 1.89. The minimum Gasteiger partial charge on any atom is -0.373 e. The van der Waals surface area contributed by atoms with Crippen LogP contribution in [0.25, 0.3) is 16.0 Å². The van der Waals surface area contributed by atoms with Crippen molar-refractivity contribution in [3.63, 3.8) is 0 Å². The number of quaternary nitrogens is 1. The monoisotopic (exact) mass is 200 g/mol. The molecule has 0 unspecified atom stereocenters. The first-order valence-electron chi connectivity index (χ1n) is 5.61. The standard InChI is InChI=1S/C10H23N.N3/c1-2-3-4-5-6-7-8-9-10-11;1-3-2/h2-11H2,1H3;/q;-1/p+1. The summed E-state index contributed by atoms with van der Waals surface area (Å²) in [7, 11) is 0. The molecule has 0 aromatic heterocycles. The molecule has 0 aromatic carbocycles. The Morgan fingerprint density at radius 2 is 1.21 bits per heavy atom. The van der Waals surface area contributed by atoms with Gasteiger partial charge < -0.3 is 16.8 Å². The summed E-state index contributed by atoms with van der Waals surface area (Å²) < 4.78 is 0. The number of nitrogens with zero attached hydrogens (tertiary/aromatic N) is 3. The van der Waals surface area contributed by atoms with Crippen LogP contribution in [-0.2, 0) is 0 Å². The normalized spacial score (nSPS) is 8.71. The van der Waals surface area contributed by atoms with E-state index in [0.29, 0.717) is 0 Å². The summed E-state index contributed by atoms with van der Waals surface area (Å²) in [5.41, 5.74) is 17.3. The van der Waals surface area contributed by atoms with Gasteiger partial charge in [0.25, 0.3) is 0 Å². The third kappa shape index (κ3) is 22.5. The lowest BCUT2D eigenvalue weighted by atomic mass is 10.1. The van der Waals surface area contributed by atoms with Crippen molar-refractivity contribution < 1.29 is 5.73 Å². The Labute approximate surface area is 87.3 Å². The maximum atomic E-state index is 6.75. The minimum atomic E-state index is 1.12. The van der Waals surface area contributed by atoms with Crippen LogP contribution in [0.2, 0.25) is 0 Å². The van der Waals surface area contributed by atoms with Gasteiger partial charge in [-0.15, -0.1) is 0 Å². The fourth-order valence-electron chi connectivity index (χ4n) is 1.31. The Balaban J connectivity index is 0. The summed E-state index contributed by atoms with van der Waals surface area (Å²) in [4.78, 5) is 1.50. The second-order valence-corrected chi connectivity index (χ2v) is 3.42. The first-order chi connectivity index (χ1) is 6.83. The van der Waals surface area contributed by atoms with Gasteiger partial charge in [0.2, 0.25) is 0 Å². The molecule has 3 N–H and O–H groups in total. The minimum absolute atomic E-state index is 1.12. The molecular formula is C10H24N4. The molecule has 0 aliphatic rings. The van der Waals surface area contributed by atoms with Crippen LogP contribution in [0.4, 0.5) is 0 Å². The van der Waals surface area contributed by atoms with E-state index < -0.39 is 0 Å². The van der Waals surface area contributed by atoms with Crippen molar-refractivity contribution in [1.82, 2.24) is 0 Å². The Kier molecular flexibility index (Phi) is 20.4. The van der Waals surface area contributed by atoms with E-state index in [0.717, 1.165) is 6.54 Å². The van der Waals surface area contributed by atoms with Gasteiger partial charge in [-0.1, -0.05) is 45.4 Å². The summed E-state index contributed by atoms with van der Waals surface area (Å²) in [5, 5.41) is 0. The number of rotatable bonds is 8. The highest BCUT2D eigenvalue weighted by molar-refractivity contribution is 4.44. The van der Waals surface area contributed by atoms with Crippen molar-refractivity contribution in [2.24, 2.45) is 0 Å². The molecule has 0 aromatic rings. The lowest BCUT2D eigenvalue weighted by molar-refractivity contribution is -0.368. The summed E-state index contributed by atoms with van der Waals surface area (Å²) in [6.07, 6.45) is 11.3. The second-order valence-electron chi connectivity index (χ2n) is 3.42. The molecule has 4 heteroatoms. The van der Waals surface area contributed by atoms with Gasteiger partial charge in [0.1, 0.15) is 0 Å². The van der Waals surface area contributed by atoms with Crippen LogP contribution in [-0.4, -0.2) is 6.54 Å². The van der Waals surface area contributed by atoms with Gasteiger partial charge in [-0.25, -0.2) is 0 Å². The number of unbranched alkanes of at least 4 members (excludes halogenated alkanes) is 7. The Bertz CT molecular complexity index is 111. The van der Waals surface area contributed by atoms with Crippen LogP contribution < -0.4 is 5.73 Å². The molecule has 84 valence electrons. The molecular weight excluding hydrogens is 176 g/mol. The largest absolute Gasteiger partial charge is 0.373 e. The molecule has 0 atom stereocenters. The lowest BCUT2D eigenvalue weighted by Gasteiger charge is -1.98. The number of hydrogen-bond donors (Lipinski definition) is 1. The first kappa shape index (κ1) is 15.7. The first-order valence-corrected chi connectivity index (χ1v) is 5.61. The summed E-state index contributed by atoms with van der Waals surface area (Å²) >= 11 is 0. The fraction of sp³-hybridized carbons (Fsp3) is 1.00. The molecule has 0 aliphatic carbocycles. The molecule has 0 heterocycles. The molecule has 0 radical (unpaired) electrons. The van der Waals surface area contributed by atoms with Crippen molar-refractivity contribution >= 4 is 0 Å². The van der Waals surface area contributed by atoms with E-state index in [4.69, 9.17) is 11.1 Å². The van der Waals surface area contributed by atoms with Crippen molar-refractivity contribution in [2.75, 3.05) is 6.54 Å². The summed E-state index contributed by atoms with van der Waals surface area (Å²) in [5.74, 6) is 0. The van der Waals surface area contributed by atoms with Crippen LogP contribution in [0, 0.1) is 0 Å². The Morgan fingerprint density at radius 3 is 1.57 bits per heavy atom. The van der Waals surface area contributed by atoms with Crippen molar-refractivity contribution in [1.29, 1.82) is 0 Å². The molecule has 0 fully saturated rings. The molecule has 0 rings (SSSR count). The van der Waals surface area contributed by atoms with E-state index >= 15 is 0 Å². The molecule has 0 aliphatic heterocycles. The van der Waals surface area contributed by atoms with Gasteiger partial charge in [-0.2, -0.15) is 0 Å². The average Bonchev–Trinajstić information content (AvgIpc) is 2.18. The van der Waals surface area contributed by atoms with Crippen molar-refractivity contribution in [3.05, 3.63) is 16.0 Å². The highest BCUT2D eigenvalue weighted by Crippen LogP contribution is 2.07. The molecule has 0 bridgehead atoms. The van der Waals surface area contributed by atoms with Gasteiger partial charge in [0.05, 0.1) is 6.54 Å². The molecule has 0 amide bonds. The molecule has 0 saturated heterocycles. The summed E-state index contributed by atoms with van der Waals surface area (Å²) in [6.45, 7) is 3.39. The number of hydrogen-bond acceptors (Lipinski definition) is 0. The van der Waals surface area contributed by atoms with Crippen LogP contribution in [0.3, 0.4) is 0 Å². The zero-order valence-electron chi connectivity index (χ0n) is 9.41. The molecule has 0 saturated carbocycles.